The lowest BCUT2D eigenvalue weighted by Gasteiger charge is -2.35. The van der Waals surface area contributed by atoms with Gasteiger partial charge in [-0.15, -0.1) is 0 Å². The molecule has 31 heavy (non-hydrogen) atoms. The van der Waals surface area contributed by atoms with Crippen LogP contribution in [0.3, 0.4) is 0 Å². The number of ether oxygens (including phenoxy) is 2. The van der Waals surface area contributed by atoms with Crippen LogP contribution in [-0.2, 0) is 4.74 Å². The van der Waals surface area contributed by atoms with E-state index in [4.69, 9.17) is 15.2 Å². The summed E-state index contributed by atoms with van der Waals surface area (Å²) in [5, 5.41) is 4.31. The van der Waals surface area contributed by atoms with Crippen molar-refractivity contribution in [3.63, 3.8) is 0 Å². The van der Waals surface area contributed by atoms with E-state index in [-0.39, 0.29) is 6.09 Å². The second kappa shape index (κ2) is 9.82. The van der Waals surface area contributed by atoms with Crippen LogP contribution in [0.25, 0.3) is 0 Å². The van der Waals surface area contributed by atoms with E-state index in [2.05, 4.69) is 15.0 Å². The van der Waals surface area contributed by atoms with Gasteiger partial charge in [-0.1, -0.05) is 0 Å². The zero-order chi connectivity index (χ0) is 22.4. The maximum Gasteiger partial charge on any atom is 0.410 e. The van der Waals surface area contributed by atoms with Gasteiger partial charge < -0.3 is 20.1 Å². The van der Waals surface area contributed by atoms with Gasteiger partial charge in [-0.3, -0.25) is 4.90 Å². The van der Waals surface area contributed by atoms with Crippen molar-refractivity contribution >= 4 is 18.3 Å². The highest BCUT2D eigenvalue weighted by Gasteiger charge is 2.25. The first-order valence-corrected chi connectivity index (χ1v) is 10.5. The van der Waals surface area contributed by atoms with Crippen molar-refractivity contribution in [3.8, 4) is 5.75 Å². The number of carbonyl (C=O) groups excluding carboxylic acids is 1. The molecule has 1 fully saturated rings. The van der Waals surface area contributed by atoms with Crippen LogP contribution in [0.15, 0.2) is 35.6 Å². The average Bonchev–Trinajstić information content (AvgIpc) is 3.03. The summed E-state index contributed by atoms with van der Waals surface area (Å²) < 4.78 is 12.8. The molecule has 9 nitrogen and oxygen atoms in total. The van der Waals surface area contributed by atoms with Crippen LogP contribution in [0.5, 0.6) is 5.75 Å². The van der Waals surface area contributed by atoms with Gasteiger partial charge in [-0.05, 0) is 57.5 Å². The molecule has 9 heteroatoms. The second-order valence-electron chi connectivity index (χ2n) is 8.56. The number of hydrogen-bond donors (Lipinski definition) is 1. The standard InChI is InChI=1S/C22H32N6O3/c1-17-16-28(20(23)25-17)24-15-18-5-7-19(8-6-18)30-14-13-26-9-11-27(12-10-26)21(29)31-22(2,3)4/h5-8,15-16H,9-14H2,1-4H3,(H2,23,25). The zero-order valence-corrected chi connectivity index (χ0v) is 18.7. The Kier molecular flexibility index (Phi) is 7.17. The highest BCUT2D eigenvalue weighted by atomic mass is 16.6. The van der Waals surface area contributed by atoms with Gasteiger partial charge >= 0.3 is 6.09 Å². The molecule has 0 unspecified atom stereocenters. The number of imidazole rings is 1. The lowest BCUT2D eigenvalue weighted by molar-refractivity contribution is 0.0137. The van der Waals surface area contributed by atoms with Crippen molar-refractivity contribution in [2.45, 2.75) is 33.3 Å². The van der Waals surface area contributed by atoms with Gasteiger partial charge in [-0.2, -0.15) is 5.10 Å². The molecule has 1 aliphatic rings. The summed E-state index contributed by atoms with van der Waals surface area (Å²) in [6, 6.07) is 7.73. The molecule has 0 saturated carbocycles. The second-order valence-corrected chi connectivity index (χ2v) is 8.56. The molecule has 2 aromatic rings. The molecule has 2 N–H and O–H groups in total. The first kappa shape index (κ1) is 22.6. The van der Waals surface area contributed by atoms with Crippen LogP contribution in [0.2, 0.25) is 0 Å². The van der Waals surface area contributed by atoms with Crippen LogP contribution in [-0.4, -0.2) is 76.7 Å². The molecule has 3 rings (SSSR count). The quantitative estimate of drug-likeness (QED) is 0.710. The van der Waals surface area contributed by atoms with Crippen molar-refractivity contribution < 1.29 is 14.3 Å². The zero-order valence-electron chi connectivity index (χ0n) is 18.7. The minimum Gasteiger partial charge on any atom is -0.492 e. The maximum absolute atomic E-state index is 12.1. The molecule has 2 heterocycles. The summed E-state index contributed by atoms with van der Waals surface area (Å²) in [7, 11) is 0. The Labute approximate surface area is 183 Å². The van der Waals surface area contributed by atoms with Crippen molar-refractivity contribution in [1.29, 1.82) is 0 Å². The Morgan fingerprint density at radius 1 is 1.19 bits per heavy atom. The van der Waals surface area contributed by atoms with Gasteiger partial charge in [0.2, 0.25) is 5.95 Å². The maximum atomic E-state index is 12.1. The third-order valence-electron chi connectivity index (χ3n) is 4.75. The SMILES string of the molecule is Cc1cn(N=Cc2ccc(OCCN3CCN(C(=O)OC(C)(C)C)CC3)cc2)c(N)n1. The first-order valence-electron chi connectivity index (χ1n) is 10.5. The summed E-state index contributed by atoms with van der Waals surface area (Å²) >= 11 is 0. The fourth-order valence-corrected chi connectivity index (χ4v) is 3.15. The van der Waals surface area contributed by atoms with Gasteiger partial charge in [0.05, 0.1) is 18.1 Å². The molecule has 0 spiro atoms. The Hall–Kier alpha value is -3.07. The first-order chi connectivity index (χ1) is 14.7. The predicted octanol–water partition coefficient (Wildman–Crippen LogP) is 2.59. The van der Waals surface area contributed by atoms with Gasteiger partial charge in [0.15, 0.2) is 0 Å². The number of amides is 1. The van der Waals surface area contributed by atoms with Crippen LogP contribution in [0, 0.1) is 6.92 Å². The van der Waals surface area contributed by atoms with Gasteiger partial charge in [0.1, 0.15) is 18.0 Å². The Bertz CT molecular complexity index is 893. The molecule has 0 aliphatic carbocycles. The van der Waals surface area contributed by atoms with Crippen molar-refractivity contribution in [1.82, 2.24) is 19.5 Å². The van der Waals surface area contributed by atoms with Gasteiger partial charge in [0.25, 0.3) is 0 Å². The van der Waals surface area contributed by atoms with E-state index < -0.39 is 5.60 Å². The normalized spacial score (nSPS) is 15.4. The third kappa shape index (κ3) is 6.99. The lowest BCUT2D eigenvalue weighted by Crippen LogP contribution is -2.50. The molecule has 1 amide bonds. The summed E-state index contributed by atoms with van der Waals surface area (Å²) in [4.78, 5) is 20.3. The minimum absolute atomic E-state index is 0.238. The molecule has 1 aromatic carbocycles. The van der Waals surface area contributed by atoms with Crippen LogP contribution in [0.4, 0.5) is 10.7 Å². The fourth-order valence-electron chi connectivity index (χ4n) is 3.15. The van der Waals surface area contributed by atoms with E-state index in [0.717, 1.165) is 36.6 Å². The van der Waals surface area contributed by atoms with E-state index in [9.17, 15) is 4.79 Å². The van der Waals surface area contributed by atoms with Gasteiger partial charge in [-0.25, -0.2) is 14.5 Å². The van der Waals surface area contributed by atoms with Crippen LogP contribution in [0.1, 0.15) is 32.0 Å². The van der Waals surface area contributed by atoms with Crippen molar-refractivity contribution in [2.24, 2.45) is 5.10 Å². The predicted molar refractivity (Wildman–Crippen MR) is 121 cm³/mol. The number of carbonyl (C=O) groups is 1. The van der Waals surface area contributed by atoms with Crippen molar-refractivity contribution in [2.75, 3.05) is 45.1 Å². The van der Waals surface area contributed by atoms with Crippen LogP contribution < -0.4 is 10.5 Å². The number of aryl methyl sites for hydroxylation is 1. The average molecular weight is 429 g/mol. The smallest absolute Gasteiger partial charge is 0.410 e. The number of hydrogen-bond acceptors (Lipinski definition) is 7. The Morgan fingerprint density at radius 2 is 1.87 bits per heavy atom. The largest absolute Gasteiger partial charge is 0.492 e. The summed E-state index contributed by atoms with van der Waals surface area (Å²) in [5.74, 6) is 1.17. The van der Waals surface area contributed by atoms with Gasteiger partial charge in [0, 0.05) is 32.7 Å². The Balaban J connectivity index is 1.38. The number of anilines is 1. The van der Waals surface area contributed by atoms with E-state index in [1.807, 2.05) is 52.0 Å². The number of aromatic nitrogens is 2. The number of nitrogens with zero attached hydrogens (tertiary/aromatic N) is 5. The monoisotopic (exact) mass is 428 g/mol. The molecular weight excluding hydrogens is 396 g/mol. The fraction of sp³-hybridized carbons (Fsp3) is 0.500. The molecule has 1 saturated heterocycles. The molecule has 1 aliphatic heterocycles. The summed E-state index contributed by atoms with van der Waals surface area (Å²) in [5.41, 5.74) is 7.08. The van der Waals surface area contributed by atoms with E-state index in [1.165, 1.54) is 0 Å². The highest BCUT2D eigenvalue weighted by molar-refractivity contribution is 5.79. The molecule has 0 bridgehead atoms. The van der Waals surface area contributed by atoms with E-state index in [0.29, 0.717) is 25.6 Å². The molecule has 168 valence electrons. The number of rotatable bonds is 6. The molecule has 1 aromatic heterocycles. The van der Waals surface area contributed by atoms with Crippen LogP contribution >= 0.6 is 0 Å². The lowest BCUT2D eigenvalue weighted by atomic mass is 10.2. The van der Waals surface area contributed by atoms with E-state index in [1.54, 1.807) is 22.0 Å². The summed E-state index contributed by atoms with van der Waals surface area (Å²) in [6.07, 6.45) is 3.26. The molecular formula is C22H32N6O3. The minimum atomic E-state index is -0.463. The number of piperazine rings is 1. The third-order valence-corrected chi connectivity index (χ3v) is 4.75. The van der Waals surface area contributed by atoms with E-state index >= 15 is 0 Å². The Morgan fingerprint density at radius 3 is 2.45 bits per heavy atom. The number of nitrogen functional groups attached to an aromatic ring is 1. The summed E-state index contributed by atoms with van der Waals surface area (Å²) in [6.45, 7) is 11.9. The molecule has 0 atom stereocenters. The number of nitrogens with two attached hydrogens (primary N) is 1. The number of benzene rings is 1. The highest BCUT2D eigenvalue weighted by Crippen LogP contribution is 2.13. The van der Waals surface area contributed by atoms with Crippen molar-refractivity contribution in [3.05, 3.63) is 41.7 Å². The molecule has 0 radical (unpaired) electrons. The topological polar surface area (TPSA) is 98.2 Å².